The van der Waals surface area contributed by atoms with Gasteiger partial charge in [0.2, 0.25) is 0 Å². The number of aliphatic hydroxyl groups is 1. The number of halogens is 1. The fourth-order valence-electron chi connectivity index (χ4n) is 0.956. The molecular formula is C10H10BrNO. The van der Waals surface area contributed by atoms with E-state index in [-0.39, 0.29) is 6.61 Å². The van der Waals surface area contributed by atoms with E-state index in [0.717, 1.165) is 11.1 Å². The summed E-state index contributed by atoms with van der Waals surface area (Å²) in [7, 11) is 0. The second kappa shape index (κ2) is 4.90. The van der Waals surface area contributed by atoms with Gasteiger partial charge in [-0.05, 0) is 18.2 Å². The van der Waals surface area contributed by atoms with E-state index >= 15 is 0 Å². The number of hydrogen-bond acceptors (Lipinski definition) is 2. The average Bonchev–Trinajstić information content (AvgIpc) is 2.16. The highest BCUT2D eigenvalue weighted by molar-refractivity contribution is 9.09. The summed E-state index contributed by atoms with van der Waals surface area (Å²) < 4.78 is 0. The Kier molecular flexibility index (Phi) is 3.81. The van der Waals surface area contributed by atoms with Gasteiger partial charge in [-0.15, -0.1) is 0 Å². The van der Waals surface area contributed by atoms with Gasteiger partial charge in [0.15, 0.2) is 0 Å². The van der Waals surface area contributed by atoms with Gasteiger partial charge in [0.05, 0.1) is 11.9 Å². The van der Waals surface area contributed by atoms with Gasteiger partial charge in [-0.3, -0.25) is 0 Å². The smallest absolute Gasteiger partial charge is 0.0702 e. The summed E-state index contributed by atoms with van der Waals surface area (Å²) in [6, 6.07) is 5.39. The number of anilines is 1. The lowest BCUT2D eigenvalue weighted by molar-refractivity contribution is 0.282. The predicted molar refractivity (Wildman–Crippen MR) is 57.4 cm³/mol. The monoisotopic (exact) mass is 239 g/mol. The first-order chi connectivity index (χ1) is 6.27. The molecule has 1 aromatic rings. The summed E-state index contributed by atoms with van der Waals surface area (Å²) in [5.41, 5.74) is 7.81. The highest BCUT2D eigenvalue weighted by atomic mass is 79.9. The molecule has 3 N–H and O–H groups in total. The molecule has 0 saturated heterocycles. The van der Waals surface area contributed by atoms with Crippen molar-refractivity contribution in [2.75, 3.05) is 11.1 Å². The number of alkyl halides is 1. The summed E-state index contributed by atoms with van der Waals surface area (Å²) in [5.74, 6) is 5.81. The molecule has 0 aliphatic heterocycles. The normalized spacial score (nSPS) is 9.08. The van der Waals surface area contributed by atoms with Crippen LogP contribution in [-0.4, -0.2) is 10.4 Å². The topological polar surface area (TPSA) is 46.2 Å². The highest BCUT2D eigenvalue weighted by Gasteiger charge is 1.97. The molecule has 3 heteroatoms. The van der Waals surface area contributed by atoms with Crippen molar-refractivity contribution >= 4 is 21.6 Å². The van der Waals surface area contributed by atoms with Crippen LogP contribution in [0.1, 0.15) is 11.1 Å². The first-order valence-corrected chi connectivity index (χ1v) is 4.94. The van der Waals surface area contributed by atoms with E-state index in [4.69, 9.17) is 10.8 Å². The zero-order chi connectivity index (χ0) is 9.68. The van der Waals surface area contributed by atoms with Gasteiger partial charge < -0.3 is 10.8 Å². The molecule has 0 aliphatic rings. The predicted octanol–water partition coefficient (Wildman–Crippen LogP) is 1.51. The van der Waals surface area contributed by atoms with Gasteiger partial charge in [0.1, 0.15) is 0 Å². The van der Waals surface area contributed by atoms with Gasteiger partial charge in [0.25, 0.3) is 0 Å². The molecule has 0 atom stereocenters. The Labute approximate surface area is 85.9 Å². The molecule has 0 unspecified atom stereocenters. The van der Waals surface area contributed by atoms with Crippen LogP contribution in [0.4, 0.5) is 5.69 Å². The fourth-order valence-corrected chi connectivity index (χ4v) is 1.10. The molecular weight excluding hydrogens is 230 g/mol. The lowest BCUT2D eigenvalue weighted by atomic mass is 10.1. The molecule has 0 aliphatic carbocycles. The second-order valence-electron chi connectivity index (χ2n) is 2.51. The Hall–Kier alpha value is -0.980. The molecule has 1 rings (SSSR count). The van der Waals surface area contributed by atoms with Gasteiger partial charge in [-0.1, -0.05) is 27.8 Å². The molecule has 0 amide bonds. The van der Waals surface area contributed by atoms with Crippen LogP contribution in [0.15, 0.2) is 18.2 Å². The Morgan fingerprint density at radius 2 is 2.23 bits per heavy atom. The summed E-state index contributed by atoms with van der Waals surface area (Å²) in [6.45, 7) is -0.0460. The summed E-state index contributed by atoms with van der Waals surface area (Å²) in [5, 5.41) is 9.58. The minimum absolute atomic E-state index is 0.0460. The van der Waals surface area contributed by atoms with Crippen molar-refractivity contribution in [2.24, 2.45) is 0 Å². The lowest BCUT2D eigenvalue weighted by Gasteiger charge is -2.01. The minimum atomic E-state index is -0.0460. The van der Waals surface area contributed by atoms with Crippen LogP contribution in [0.25, 0.3) is 0 Å². The SMILES string of the molecule is Nc1ccc(C#CCBr)cc1CO. The van der Waals surface area contributed by atoms with Gasteiger partial charge in [-0.25, -0.2) is 0 Å². The molecule has 1 aromatic carbocycles. The molecule has 0 spiro atoms. The number of nitrogens with two attached hydrogens (primary N) is 1. The van der Waals surface area contributed by atoms with Crippen molar-refractivity contribution in [3.05, 3.63) is 29.3 Å². The second-order valence-corrected chi connectivity index (χ2v) is 3.07. The summed E-state index contributed by atoms with van der Waals surface area (Å²) in [6.07, 6.45) is 0. The van der Waals surface area contributed by atoms with Crippen LogP contribution in [0, 0.1) is 11.8 Å². The van der Waals surface area contributed by atoms with Gasteiger partial charge in [0, 0.05) is 16.8 Å². The van der Waals surface area contributed by atoms with Crippen molar-refractivity contribution < 1.29 is 5.11 Å². The fraction of sp³-hybridized carbons (Fsp3) is 0.200. The maximum absolute atomic E-state index is 8.93. The van der Waals surface area contributed by atoms with Crippen LogP contribution in [0.2, 0.25) is 0 Å². The molecule has 2 nitrogen and oxygen atoms in total. The number of aliphatic hydroxyl groups excluding tert-OH is 1. The third-order valence-electron chi connectivity index (χ3n) is 1.61. The zero-order valence-electron chi connectivity index (χ0n) is 7.05. The van der Waals surface area contributed by atoms with Crippen molar-refractivity contribution in [3.8, 4) is 11.8 Å². The molecule has 13 heavy (non-hydrogen) atoms. The van der Waals surface area contributed by atoms with Crippen molar-refractivity contribution in [1.29, 1.82) is 0 Å². The average molecular weight is 240 g/mol. The van der Waals surface area contributed by atoms with E-state index in [1.807, 2.05) is 6.07 Å². The molecule has 0 bridgehead atoms. The Bertz CT molecular complexity index is 352. The molecule has 0 radical (unpaired) electrons. The summed E-state index contributed by atoms with van der Waals surface area (Å²) in [4.78, 5) is 0. The van der Waals surface area contributed by atoms with E-state index in [1.165, 1.54) is 0 Å². The largest absolute Gasteiger partial charge is 0.398 e. The Balaban J connectivity index is 2.99. The third kappa shape index (κ3) is 2.76. The van der Waals surface area contributed by atoms with Crippen LogP contribution in [0.3, 0.4) is 0 Å². The van der Waals surface area contributed by atoms with E-state index in [2.05, 4.69) is 27.8 Å². The van der Waals surface area contributed by atoms with Crippen molar-refractivity contribution in [1.82, 2.24) is 0 Å². The van der Waals surface area contributed by atoms with E-state index in [0.29, 0.717) is 11.0 Å². The molecule has 0 aromatic heterocycles. The summed E-state index contributed by atoms with van der Waals surface area (Å²) >= 11 is 3.21. The maximum Gasteiger partial charge on any atom is 0.0702 e. The number of rotatable bonds is 1. The van der Waals surface area contributed by atoms with Crippen molar-refractivity contribution in [3.63, 3.8) is 0 Å². The van der Waals surface area contributed by atoms with Crippen LogP contribution < -0.4 is 5.73 Å². The van der Waals surface area contributed by atoms with Crippen molar-refractivity contribution in [2.45, 2.75) is 6.61 Å². The van der Waals surface area contributed by atoms with E-state index in [9.17, 15) is 0 Å². The first kappa shape index (κ1) is 10.1. The molecule has 0 heterocycles. The van der Waals surface area contributed by atoms with Gasteiger partial charge >= 0.3 is 0 Å². The number of nitrogen functional groups attached to an aromatic ring is 1. The zero-order valence-corrected chi connectivity index (χ0v) is 8.63. The number of hydrogen-bond donors (Lipinski definition) is 2. The first-order valence-electron chi connectivity index (χ1n) is 3.82. The van der Waals surface area contributed by atoms with E-state index in [1.54, 1.807) is 12.1 Å². The Morgan fingerprint density at radius 1 is 1.46 bits per heavy atom. The van der Waals surface area contributed by atoms with E-state index < -0.39 is 0 Å². The van der Waals surface area contributed by atoms with Gasteiger partial charge in [-0.2, -0.15) is 0 Å². The minimum Gasteiger partial charge on any atom is -0.398 e. The Morgan fingerprint density at radius 3 is 2.85 bits per heavy atom. The van der Waals surface area contributed by atoms with Crippen LogP contribution in [0.5, 0.6) is 0 Å². The highest BCUT2D eigenvalue weighted by Crippen LogP contribution is 2.13. The third-order valence-corrected chi connectivity index (χ3v) is 1.89. The van der Waals surface area contributed by atoms with Crippen LogP contribution in [-0.2, 0) is 6.61 Å². The lowest BCUT2D eigenvalue weighted by Crippen LogP contribution is -1.94. The number of benzene rings is 1. The quantitative estimate of drug-likeness (QED) is 0.444. The molecule has 68 valence electrons. The standard InChI is InChI=1S/C10H10BrNO/c11-5-1-2-8-3-4-10(12)9(6-8)7-13/h3-4,6,13H,5,7,12H2. The maximum atomic E-state index is 8.93. The molecule has 0 fully saturated rings. The molecule has 0 saturated carbocycles. The van der Waals surface area contributed by atoms with Crippen LogP contribution >= 0.6 is 15.9 Å².